The van der Waals surface area contributed by atoms with Crippen LogP contribution in [-0.2, 0) is 6.42 Å². The number of allylic oxidation sites excluding steroid dienone is 1. The number of phenols is 2. The summed E-state index contributed by atoms with van der Waals surface area (Å²) < 4.78 is 0. The Kier molecular flexibility index (Phi) is 3.98. The van der Waals surface area contributed by atoms with Crippen LogP contribution in [0.3, 0.4) is 0 Å². The van der Waals surface area contributed by atoms with Crippen molar-refractivity contribution in [1.29, 1.82) is 0 Å². The summed E-state index contributed by atoms with van der Waals surface area (Å²) in [5.74, 6) is 1.74. The van der Waals surface area contributed by atoms with Gasteiger partial charge in [-0.1, -0.05) is 32.9 Å². The lowest BCUT2D eigenvalue weighted by molar-refractivity contribution is -0.0491. The van der Waals surface area contributed by atoms with Gasteiger partial charge in [-0.15, -0.1) is 0 Å². The summed E-state index contributed by atoms with van der Waals surface area (Å²) in [7, 11) is 0. The predicted molar refractivity (Wildman–Crippen MR) is 94.6 cm³/mol. The minimum atomic E-state index is 0.127. The maximum absolute atomic E-state index is 10.2. The molecule has 2 fully saturated rings. The molecule has 0 amide bonds. The molecule has 0 aliphatic heterocycles. The highest BCUT2D eigenvalue weighted by Crippen LogP contribution is 2.62. The monoisotopic (exact) mass is 314 g/mol. The molecule has 0 spiro atoms. The Bertz CT molecular complexity index is 620. The summed E-state index contributed by atoms with van der Waals surface area (Å²) in [5, 5.41) is 20.1. The van der Waals surface area contributed by atoms with E-state index < -0.39 is 0 Å². The van der Waals surface area contributed by atoms with Crippen molar-refractivity contribution in [3.63, 3.8) is 0 Å². The molecule has 2 heteroatoms. The molecule has 3 rings (SSSR count). The van der Waals surface area contributed by atoms with Crippen molar-refractivity contribution in [3.05, 3.63) is 35.9 Å². The van der Waals surface area contributed by atoms with Gasteiger partial charge >= 0.3 is 0 Å². The van der Waals surface area contributed by atoms with Gasteiger partial charge in [0.25, 0.3) is 0 Å². The Balaban J connectivity index is 1.99. The van der Waals surface area contributed by atoms with E-state index in [9.17, 15) is 10.2 Å². The third-order valence-electron chi connectivity index (χ3n) is 7.20. The fourth-order valence-corrected chi connectivity index (χ4v) is 5.39. The van der Waals surface area contributed by atoms with Crippen molar-refractivity contribution in [2.24, 2.45) is 22.7 Å². The molecule has 2 nitrogen and oxygen atoms in total. The number of fused-ring (bicyclic) bond motifs is 1. The molecular formula is C21H30O2. The average Bonchev–Trinajstić information content (AvgIpc) is 2.50. The Labute approximate surface area is 140 Å². The number of aromatic hydroxyl groups is 2. The number of benzene rings is 1. The highest BCUT2D eigenvalue weighted by molar-refractivity contribution is 5.39. The maximum atomic E-state index is 10.2. The molecule has 4 atom stereocenters. The molecule has 2 aliphatic carbocycles. The zero-order chi connectivity index (χ0) is 16.8. The van der Waals surface area contributed by atoms with Crippen molar-refractivity contribution >= 4 is 0 Å². The molecule has 2 saturated carbocycles. The molecule has 0 radical (unpaired) electrons. The first-order chi connectivity index (χ1) is 10.8. The van der Waals surface area contributed by atoms with Crippen LogP contribution in [0.25, 0.3) is 0 Å². The van der Waals surface area contributed by atoms with Crippen LogP contribution in [0.15, 0.2) is 30.4 Å². The first kappa shape index (κ1) is 16.4. The fraction of sp³-hybridized carbons (Fsp3) is 0.619. The van der Waals surface area contributed by atoms with Crippen LogP contribution in [-0.4, -0.2) is 10.2 Å². The van der Waals surface area contributed by atoms with Crippen LogP contribution in [0.1, 0.15) is 58.4 Å². The zero-order valence-corrected chi connectivity index (χ0v) is 14.7. The van der Waals surface area contributed by atoms with Crippen molar-refractivity contribution in [3.8, 4) is 11.5 Å². The fourth-order valence-electron chi connectivity index (χ4n) is 5.39. The van der Waals surface area contributed by atoms with Gasteiger partial charge in [0.2, 0.25) is 0 Å². The van der Waals surface area contributed by atoms with Gasteiger partial charge in [0.05, 0.1) is 0 Å². The van der Waals surface area contributed by atoms with E-state index in [0.717, 1.165) is 18.4 Å². The lowest BCUT2D eigenvalue weighted by Crippen LogP contribution is -2.51. The number of hydrogen-bond acceptors (Lipinski definition) is 2. The Morgan fingerprint density at radius 1 is 1.22 bits per heavy atom. The van der Waals surface area contributed by atoms with Gasteiger partial charge in [-0.05, 0) is 85.0 Å². The number of phenolic OH excluding ortho intramolecular Hbond substituents is 2. The van der Waals surface area contributed by atoms with Crippen molar-refractivity contribution in [1.82, 2.24) is 0 Å². The highest BCUT2D eigenvalue weighted by atomic mass is 16.3. The number of rotatable bonds is 2. The molecule has 1 aromatic rings. The third-order valence-corrected chi connectivity index (χ3v) is 7.20. The van der Waals surface area contributed by atoms with E-state index >= 15 is 0 Å². The lowest BCUT2D eigenvalue weighted by Gasteiger charge is -2.58. The van der Waals surface area contributed by atoms with Crippen LogP contribution < -0.4 is 0 Å². The van der Waals surface area contributed by atoms with Gasteiger partial charge in [0, 0.05) is 0 Å². The highest BCUT2D eigenvalue weighted by Gasteiger charge is 2.53. The quantitative estimate of drug-likeness (QED) is 0.564. The number of hydrogen-bond donors (Lipinski definition) is 2. The molecule has 1 aromatic carbocycles. The van der Waals surface area contributed by atoms with Gasteiger partial charge in [0.15, 0.2) is 0 Å². The zero-order valence-electron chi connectivity index (χ0n) is 14.7. The topological polar surface area (TPSA) is 40.5 Å². The lowest BCUT2D eigenvalue weighted by atomic mass is 9.46. The van der Waals surface area contributed by atoms with E-state index in [0.29, 0.717) is 17.6 Å². The van der Waals surface area contributed by atoms with Crippen LogP contribution >= 0.6 is 0 Å². The summed E-state index contributed by atoms with van der Waals surface area (Å²) in [6.45, 7) is 11.6. The van der Waals surface area contributed by atoms with Gasteiger partial charge in [0.1, 0.15) is 11.5 Å². The second kappa shape index (κ2) is 5.58. The van der Waals surface area contributed by atoms with Gasteiger partial charge in [-0.2, -0.15) is 0 Å². The van der Waals surface area contributed by atoms with Gasteiger partial charge in [-0.3, -0.25) is 0 Å². The molecule has 23 heavy (non-hydrogen) atoms. The molecule has 0 aromatic heterocycles. The molecule has 126 valence electrons. The second-order valence-electron chi connectivity index (χ2n) is 8.40. The Morgan fingerprint density at radius 3 is 2.70 bits per heavy atom. The standard InChI is InChI=1S/C21H30O2/c1-14-6-5-7-19-20(14,3)11-10-15(2)21(19,4)13-16-12-17(22)8-9-18(16)23/h8-9,12,15,19,22-23H,1,5-7,10-11,13H2,2-4H3/t15-,19+,20-,21+/m1/s1. The largest absolute Gasteiger partial charge is 0.508 e. The maximum Gasteiger partial charge on any atom is 0.119 e. The van der Waals surface area contributed by atoms with Crippen LogP contribution in [0.4, 0.5) is 0 Å². The van der Waals surface area contributed by atoms with E-state index in [1.807, 2.05) is 0 Å². The minimum absolute atomic E-state index is 0.127. The summed E-state index contributed by atoms with van der Waals surface area (Å²) >= 11 is 0. The first-order valence-corrected chi connectivity index (χ1v) is 8.96. The minimum Gasteiger partial charge on any atom is -0.508 e. The molecule has 0 saturated heterocycles. The first-order valence-electron chi connectivity index (χ1n) is 8.96. The molecule has 2 aliphatic rings. The summed E-state index contributed by atoms with van der Waals surface area (Å²) in [5.41, 5.74) is 2.65. The summed E-state index contributed by atoms with van der Waals surface area (Å²) in [4.78, 5) is 0. The third kappa shape index (κ3) is 2.56. The SMILES string of the molecule is C=C1CCC[C@@H]2[C@@](C)(Cc3cc(O)ccc3O)[C@H](C)CC[C@]12C. The molecule has 2 N–H and O–H groups in total. The van der Waals surface area contributed by atoms with Crippen LogP contribution in [0.2, 0.25) is 0 Å². The van der Waals surface area contributed by atoms with E-state index in [1.54, 1.807) is 18.2 Å². The summed E-state index contributed by atoms with van der Waals surface area (Å²) in [6, 6.07) is 4.90. The van der Waals surface area contributed by atoms with Gasteiger partial charge < -0.3 is 10.2 Å². The molecule has 0 unspecified atom stereocenters. The second-order valence-corrected chi connectivity index (χ2v) is 8.40. The Hall–Kier alpha value is -1.44. The molecule has 0 bridgehead atoms. The smallest absolute Gasteiger partial charge is 0.119 e. The van der Waals surface area contributed by atoms with E-state index in [2.05, 4.69) is 27.4 Å². The van der Waals surface area contributed by atoms with Crippen molar-refractivity contribution in [2.45, 2.75) is 59.3 Å². The van der Waals surface area contributed by atoms with Gasteiger partial charge in [-0.25, -0.2) is 0 Å². The van der Waals surface area contributed by atoms with Crippen LogP contribution in [0.5, 0.6) is 11.5 Å². The van der Waals surface area contributed by atoms with E-state index in [4.69, 9.17) is 0 Å². The molecular weight excluding hydrogens is 284 g/mol. The predicted octanol–water partition coefficient (Wildman–Crippen LogP) is 5.44. The summed E-state index contributed by atoms with van der Waals surface area (Å²) in [6.07, 6.45) is 6.90. The van der Waals surface area contributed by atoms with E-state index in [1.165, 1.54) is 31.3 Å². The molecule has 0 heterocycles. The van der Waals surface area contributed by atoms with Crippen molar-refractivity contribution < 1.29 is 10.2 Å². The van der Waals surface area contributed by atoms with Crippen LogP contribution in [0, 0.1) is 22.7 Å². The van der Waals surface area contributed by atoms with E-state index in [-0.39, 0.29) is 16.6 Å². The average molecular weight is 314 g/mol. The Morgan fingerprint density at radius 2 is 1.96 bits per heavy atom. The normalized spacial score (nSPS) is 37.4. The van der Waals surface area contributed by atoms with Crippen molar-refractivity contribution in [2.75, 3.05) is 0 Å².